The van der Waals surface area contributed by atoms with Gasteiger partial charge in [-0.2, -0.15) is 0 Å². The van der Waals surface area contributed by atoms with Crippen LogP contribution in [0.25, 0.3) is 0 Å². The maximum Gasteiger partial charge on any atom is 0.270 e. The van der Waals surface area contributed by atoms with Gasteiger partial charge in [-0.3, -0.25) is 9.59 Å². The fourth-order valence-electron chi connectivity index (χ4n) is 3.86. The lowest BCUT2D eigenvalue weighted by atomic mass is 10.2. The van der Waals surface area contributed by atoms with E-state index in [4.69, 9.17) is 11.6 Å². The van der Waals surface area contributed by atoms with Gasteiger partial charge in [-0.05, 0) is 69.2 Å². The second-order valence-corrected chi connectivity index (χ2v) is 13.1. The first-order chi connectivity index (χ1) is 18.3. The Bertz CT molecular complexity index is 1570. The molecule has 0 spiro atoms. The van der Waals surface area contributed by atoms with Crippen molar-refractivity contribution in [2.45, 2.75) is 63.2 Å². The quantitative estimate of drug-likeness (QED) is 0.286. The lowest BCUT2D eigenvalue weighted by Crippen LogP contribution is -2.38. The molecule has 208 valence electrons. The average Bonchev–Trinajstić information content (AvgIpc) is 2.86. The van der Waals surface area contributed by atoms with Gasteiger partial charge in [0.15, 0.2) is 0 Å². The van der Waals surface area contributed by atoms with E-state index < -0.39 is 31.9 Å². The molecule has 0 aliphatic heterocycles. The average molecular weight is 591 g/mol. The molecule has 3 rings (SSSR count). The van der Waals surface area contributed by atoms with Crippen LogP contribution >= 0.6 is 11.6 Å². The Kier molecular flexibility index (Phi) is 9.58. The highest BCUT2D eigenvalue weighted by Gasteiger charge is 2.34. The van der Waals surface area contributed by atoms with Crippen molar-refractivity contribution in [3.8, 4) is 0 Å². The number of rotatable bonds is 10. The van der Waals surface area contributed by atoms with E-state index in [1.807, 2.05) is 13.8 Å². The molecule has 0 saturated heterocycles. The van der Waals surface area contributed by atoms with Crippen LogP contribution in [0.3, 0.4) is 0 Å². The van der Waals surface area contributed by atoms with Crippen molar-refractivity contribution in [2.24, 2.45) is 0 Å². The van der Waals surface area contributed by atoms with Gasteiger partial charge in [0.1, 0.15) is 0 Å². The fraction of sp³-hybridized carbons (Fsp3) is 0.286. The molecule has 8 nitrogen and oxygen atoms in total. The molecule has 0 unspecified atom stereocenters. The summed E-state index contributed by atoms with van der Waals surface area (Å²) < 4.78 is 55.6. The van der Waals surface area contributed by atoms with Gasteiger partial charge in [0, 0.05) is 12.8 Å². The summed E-state index contributed by atoms with van der Waals surface area (Å²) >= 11 is 6.54. The van der Waals surface area contributed by atoms with Crippen LogP contribution in [0.4, 0.5) is 11.4 Å². The summed E-state index contributed by atoms with van der Waals surface area (Å²) in [5.74, 6) is -1.37. The predicted octanol–water partition coefficient (Wildman–Crippen LogP) is 6.00. The number of carbonyl (C=O) groups is 2. The first-order valence-electron chi connectivity index (χ1n) is 12.4. The Morgan fingerprint density at radius 3 is 1.49 bits per heavy atom. The highest BCUT2D eigenvalue weighted by Crippen LogP contribution is 2.36. The monoisotopic (exact) mass is 590 g/mol. The zero-order valence-electron chi connectivity index (χ0n) is 22.2. The van der Waals surface area contributed by atoms with Crippen molar-refractivity contribution < 1.29 is 26.4 Å². The number of carbonyl (C=O) groups excluding carboxylic acids is 2. The summed E-state index contributed by atoms with van der Waals surface area (Å²) in [4.78, 5) is 26.0. The third-order valence-corrected chi connectivity index (χ3v) is 9.70. The summed E-state index contributed by atoms with van der Waals surface area (Å²) in [5, 5.41) is -0.207. The van der Waals surface area contributed by atoms with Gasteiger partial charge in [0.25, 0.3) is 20.0 Å². The van der Waals surface area contributed by atoms with Crippen molar-refractivity contribution in [1.82, 2.24) is 0 Å². The third-order valence-electron chi connectivity index (χ3n) is 5.88. The highest BCUT2D eigenvalue weighted by molar-refractivity contribution is 7.94. The summed E-state index contributed by atoms with van der Waals surface area (Å²) in [6.45, 7) is 7.11. The molecule has 0 saturated carbocycles. The molecule has 0 aliphatic rings. The van der Waals surface area contributed by atoms with Crippen LogP contribution in [0, 0.1) is 13.8 Å². The van der Waals surface area contributed by atoms with Gasteiger partial charge in [-0.15, -0.1) is 0 Å². The number of anilines is 2. The smallest absolute Gasteiger partial charge is 0.270 e. The standard InChI is InChI=1S/C28H31ClN2O6S2/c1-5-7-27(32)30(38(34,35)23-14-9-20(3)10-15-23)22-13-18-26(25(29)19-22)31(28(33)8-6-2)39(36,37)24-16-11-21(4)12-17-24/h9-19H,5-8H2,1-4H3. The number of aryl methyl sites for hydroxylation is 2. The van der Waals surface area contributed by atoms with Crippen LogP contribution in [0.15, 0.2) is 76.5 Å². The SMILES string of the molecule is CCCC(=O)N(c1ccc(N(C(=O)CCC)S(=O)(=O)c2ccc(C)cc2)c(Cl)c1)S(=O)(=O)c1ccc(C)cc1. The highest BCUT2D eigenvalue weighted by atomic mass is 35.5. The second-order valence-electron chi connectivity index (χ2n) is 9.09. The third kappa shape index (κ3) is 6.51. The Balaban J connectivity index is 2.17. The van der Waals surface area contributed by atoms with Crippen LogP contribution in [-0.2, 0) is 29.6 Å². The predicted molar refractivity (Wildman–Crippen MR) is 153 cm³/mol. The number of nitrogens with zero attached hydrogens (tertiary/aromatic N) is 2. The van der Waals surface area contributed by atoms with E-state index >= 15 is 0 Å². The van der Waals surface area contributed by atoms with E-state index in [9.17, 15) is 26.4 Å². The van der Waals surface area contributed by atoms with Crippen molar-refractivity contribution in [3.05, 3.63) is 82.9 Å². The zero-order chi connectivity index (χ0) is 29.0. The number of sulfonamides is 2. The maximum absolute atomic E-state index is 13.6. The fourth-order valence-corrected chi connectivity index (χ4v) is 7.08. The molecular formula is C28H31ClN2O6S2. The number of amides is 2. The van der Waals surface area contributed by atoms with Crippen molar-refractivity contribution in [3.63, 3.8) is 0 Å². The van der Waals surface area contributed by atoms with Gasteiger partial charge in [0.05, 0.1) is 26.2 Å². The van der Waals surface area contributed by atoms with Gasteiger partial charge >= 0.3 is 0 Å². The van der Waals surface area contributed by atoms with Gasteiger partial charge < -0.3 is 0 Å². The van der Waals surface area contributed by atoms with Crippen LogP contribution in [0.2, 0.25) is 5.02 Å². The summed E-state index contributed by atoms with van der Waals surface area (Å²) in [7, 11) is -8.66. The zero-order valence-corrected chi connectivity index (χ0v) is 24.6. The van der Waals surface area contributed by atoms with E-state index in [0.717, 1.165) is 11.1 Å². The molecule has 2 amide bonds. The van der Waals surface area contributed by atoms with Crippen LogP contribution < -0.4 is 8.61 Å². The van der Waals surface area contributed by atoms with Gasteiger partial charge in [0.2, 0.25) is 11.8 Å². The van der Waals surface area contributed by atoms with Crippen molar-refractivity contribution >= 4 is 54.8 Å². The Hall–Kier alpha value is -3.21. The van der Waals surface area contributed by atoms with Crippen molar-refractivity contribution in [1.29, 1.82) is 0 Å². The van der Waals surface area contributed by atoms with Crippen molar-refractivity contribution in [2.75, 3.05) is 8.61 Å². The number of hydrogen-bond acceptors (Lipinski definition) is 6. The van der Waals surface area contributed by atoms with E-state index in [1.54, 1.807) is 38.1 Å². The molecule has 0 N–H and O–H groups in total. The van der Waals surface area contributed by atoms with E-state index in [1.165, 1.54) is 42.5 Å². The largest absolute Gasteiger partial charge is 0.273 e. The number of benzene rings is 3. The molecule has 0 atom stereocenters. The second kappa shape index (κ2) is 12.3. The molecule has 0 bridgehead atoms. The minimum absolute atomic E-state index is 0.0482. The molecule has 0 fully saturated rings. The van der Waals surface area contributed by atoms with E-state index in [0.29, 0.717) is 21.5 Å². The van der Waals surface area contributed by atoms with Crippen LogP contribution in [0.5, 0.6) is 0 Å². The Morgan fingerprint density at radius 1 is 0.667 bits per heavy atom. The van der Waals surface area contributed by atoms with Crippen LogP contribution in [0.1, 0.15) is 50.7 Å². The van der Waals surface area contributed by atoms with E-state index in [2.05, 4.69) is 0 Å². The lowest BCUT2D eigenvalue weighted by molar-refractivity contribution is -0.118. The Labute approximate surface area is 235 Å². The summed E-state index contributed by atoms with van der Waals surface area (Å²) in [5.41, 5.74) is 1.47. The number of hydrogen-bond donors (Lipinski definition) is 0. The molecule has 11 heteroatoms. The molecule has 3 aromatic rings. The molecule has 0 aromatic heterocycles. The molecule has 0 radical (unpaired) electrons. The minimum Gasteiger partial charge on any atom is -0.273 e. The number of halogens is 1. The van der Waals surface area contributed by atoms with E-state index in [-0.39, 0.29) is 39.0 Å². The molecule has 0 heterocycles. The molecule has 3 aromatic carbocycles. The first-order valence-corrected chi connectivity index (χ1v) is 15.7. The van der Waals surface area contributed by atoms with Gasteiger partial charge in [-0.25, -0.2) is 25.4 Å². The summed E-state index contributed by atoms with van der Waals surface area (Å²) in [6.07, 6.45) is 0.681. The molecular weight excluding hydrogens is 560 g/mol. The topological polar surface area (TPSA) is 109 Å². The molecule has 0 aliphatic carbocycles. The van der Waals surface area contributed by atoms with Crippen LogP contribution in [-0.4, -0.2) is 28.6 Å². The van der Waals surface area contributed by atoms with Gasteiger partial charge in [-0.1, -0.05) is 60.8 Å². The normalized spacial score (nSPS) is 11.7. The first kappa shape index (κ1) is 30.3. The lowest BCUT2D eigenvalue weighted by Gasteiger charge is -2.26. The Morgan fingerprint density at radius 2 is 1.08 bits per heavy atom. The summed E-state index contributed by atoms with van der Waals surface area (Å²) in [6, 6.07) is 15.8. The molecule has 39 heavy (non-hydrogen) atoms. The minimum atomic E-state index is -4.35. The maximum atomic E-state index is 13.6.